The standard InChI is InChI=1S/C14H28N2O4/c1-5-7-16(8-9-17)10-12(18)15-13(11(3)6-2)14(19)20-4/h11,13,17H,5-10H2,1-4H3,(H,15,18). The molecule has 0 fully saturated rings. The monoisotopic (exact) mass is 288 g/mol. The number of ether oxygens (including phenoxy) is 1. The van der Waals surface area contributed by atoms with Gasteiger partial charge < -0.3 is 15.2 Å². The number of amides is 1. The molecule has 0 aliphatic heterocycles. The van der Waals surface area contributed by atoms with Gasteiger partial charge in [0.25, 0.3) is 0 Å². The summed E-state index contributed by atoms with van der Waals surface area (Å²) in [6.45, 7) is 7.26. The van der Waals surface area contributed by atoms with Gasteiger partial charge in [0.15, 0.2) is 0 Å². The average molecular weight is 288 g/mol. The van der Waals surface area contributed by atoms with Crippen molar-refractivity contribution in [1.82, 2.24) is 10.2 Å². The van der Waals surface area contributed by atoms with Crippen LogP contribution in [0.5, 0.6) is 0 Å². The lowest BCUT2D eigenvalue weighted by molar-refractivity contribution is -0.146. The van der Waals surface area contributed by atoms with E-state index in [9.17, 15) is 9.59 Å². The van der Waals surface area contributed by atoms with E-state index in [1.54, 1.807) is 0 Å². The number of nitrogens with one attached hydrogen (secondary N) is 1. The highest BCUT2D eigenvalue weighted by Gasteiger charge is 2.26. The van der Waals surface area contributed by atoms with Crippen LogP contribution in [0.4, 0.5) is 0 Å². The first-order valence-electron chi connectivity index (χ1n) is 7.20. The Morgan fingerprint density at radius 2 is 1.95 bits per heavy atom. The van der Waals surface area contributed by atoms with Crippen molar-refractivity contribution in [2.24, 2.45) is 5.92 Å². The summed E-state index contributed by atoms with van der Waals surface area (Å²) < 4.78 is 4.73. The van der Waals surface area contributed by atoms with Gasteiger partial charge in [0.05, 0.1) is 20.3 Å². The Hall–Kier alpha value is -1.14. The third-order valence-electron chi connectivity index (χ3n) is 3.31. The number of carbonyl (C=O) groups excluding carboxylic acids is 2. The molecular formula is C14H28N2O4. The largest absolute Gasteiger partial charge is 0.467 e. The molecule has 0 saturated heterocycles. The van der Waals surface area contributed by atoms with Crippen molar-refractivity contribution in [3.8, 4) is 0 Å². The molecule has 2 unspecified atom stereocenters. The van der Waals surface area contributed by atoms with E-state index in [-0.39, 0.29) is 25.0 Å². The summed E-state index contributed by atoms with van der Waals surface area (Å²) in [5.74, 6) is -0.622. The van der Waals surface area contributed by atoms with Gasteiger partial charge in [-0.2, -0.15) is 0 Å². The normalized spacial score (nSPS) is 13.9. The van der Waals surface area contributed by atoms with Crippen LogP contribution >= 0.6 is 0 Å². The van der Waals surface area contributed by atoms with Crippen LogP contribution < -0.4 is 5.32 Å². The van der Waals surface area contributed by atoms with Gasteiger partial charge in [-0.15, -0.1) is 0 Å². The Kier molecular flexibility index (Phi) is 10.0. The number of hydrogen-bond acceptors (Lipinski definition) is 5. The molecule has 2 N–H and O–H groups in total. The maximum atomic E-state index is 12.0. The van der Waals surface area contributed by atoms with E-state index < -0.39 is 12.0 Å². The lowest BCUT2D eigenvalue weighted by Gasteiger charge is -2.24. The van der Waals surface area contributed by atoms with Crippen LogP contribution in [0, 0.1) is 5.92 Å². The van der Waals surface area contributed by atoms with Crippen molar-refractivity contribution in [3.63, 3.8) is 0 Å². The number of aliphatic hydroxyl groups is 1. The van der Waals surface area contributed by atoms with Gasteiger partial charge in [-0.25, -0.2) is 4.79 Å². The first-order chi connectivity index (χ1) is 9.49. The number of rotatable bonds is 10. The highest BCUT2D eigenvalue weighted by Crippen LogP contribution is 2.09. The minimum Gasteiger partial charge on any atom is -0.467 e. The number of esters is 1. The first-order valence-corrected chi connectivity index (χ1v) is 7.20. The van der Waals surface area contributed by atoms with E-state index in [4.69, 9.17) is 9.84 Å². The average Bonchev–Trinajstić information content (AvgIpc) is 2.43. The Morgan fingerprint density at radius 3 is 2.40 bits per heavy atom. The van der Waals surface area contributed by atoms with E-state index in [2.05, 4.69) is 5.32 Å². The molecule has 0 aromatic rings. The van der Waals surface area contributed by atoms with Gasteiger partial charge in [-0.1, -0.05) is 27.2 Å². The summed E-state index contributed by atoms with van der Waals surface area (Å²) in [4.78, 5) is 25.6. The van der Waals surface area contributed by atoms with E-state index >= 15 is 0 Å². The van der Waals surface area contributed by atoms with Crippen LogP contribution in [0.15, 0.2) is 0 Å². The molecule has 6 heteroatoms. The topological polar surface area (TPSA) is 78.9 Å². The fourth-order valence-corrected chi connectivity index (χ4v) is 1.95. The minimum atomic E-state index is -0.616. The first kappa shape index (κ1) is 18.9. The second-order valence-electron chi connectivity index (χ2n) is 4.95. The zero-order chi connectivity index (χ0) is 15.5. The molecule has 118 valence electrons. The summed E-state index contributed by atoms with van der Waals surface area (Å²) in [5, 5.41) is 11.7. The summed E-state index contributed by atoms with van der Waals surface area (Å²) in [6.07, 6.45) is 1.68. The highest BCUT2D eigenvalue weighted by molar-refractivity contribution is 5.85. The van der Waals surface area contributed by atoms with Crippen molar-refractivity contribution < 1.29 is 19.4 Å². The molecular weight excluding hydrogens is 260 g/mol. The van der Waals surface area contributed by atoms with Crippen LogP contribution in [0.25, 0.3) is 0 Å². The summed E-state index contributed by atoms with van der Waals surface area (Å²) in [5.41, 5.74) is 0. The summed E-state index contributed by atoms with van der Waals surface area (Å²) in [6, 6.07) is -0.616. The highest BCUT2D eigenvalue weighted by atomic mass is 16.5. The van der Waals surface area contributed by atoms with Gasteiger partial charge in [-0.05, 0) is 18.9 Å². The van der Waals surface area contributed by atoms with Crippen molar-refractivity contribution >= 4 is 11.9 Å². The van der Waals surface area contributed by atoms with Crippen molar-refractivity contribution in [3.05, 3.63) is 0 Å². The molecule has 2 atom stereocenters. The Bertz CT molecular complexity index is 291. The second-order valence-corrected chi connectivity index (χ2v) is 4.95. The number of nitrogens with zero attached hydrogens (tertiary/aromatic N) is 1. The molecule has 0 saturated carbocycles. The van der Waals surface area contributed by atoms with Crippen LogP contribution in [0.1, 0.15) is 33.6 Å². The molecule has 0 aliphatic carbocycles. The van der Waals surface area contributed by atoms with Crippen LogP contribution in [-0.2, 0) is 14.3 Å². The zero-order valence-corrected chi connectivity index (χ0v) is 13.0. The maximum Gasteiger partial charge on any atom is 0.328 e. The predicted molar refractivity (Wildman–Crippen MR) is 77.2 cm³/mol. The van der Waals surface area contributed by atoms with Gasteiger partial charge in [0.1, 0.15) is 6.04 Å². The molecule has 0 rings (SSSR count). The third-order valence-corrected chi connectivity index (χ3v) is 3.31. The number of methoxy groups -OCH3 is 1. The third kappa shape index (κ3) is 6.86. The minimum absolute atomic E-state index is 0.0130. The van der Waals surface area contributed by atoms with E-state index in [1.807, 2.05) is 25.7 Å². The molecule has 6 nitrogen and oxygen atoms in total. The molecule has 0 heterocycles. The number of hydrogen-bond donors (Lipinski definition) is 2. The maximum absolute atomic E-state index is 12.0. The van der Waals surface area contributed by atoms with E-state index in [0.717, 1.165) is 19.4 Å². The lowest BCUT2D eigenvalue weighted by atomic mass is 9.99. The van der Waals surface area contributed by atoms with Gasteiger partial charge in [-0.3, -0.25) is 9.69 Å². The smallest absolute Gasteiger partial charge is 0.328 e. The van der Waals surface area contributed by atoms with Crippen molar-refractivity contribution in [2.45, 2.75) is 39.7 Å². The van der Waals surface area contributed by atoms with Gasteiger partial charge in [0, 0.05) is 6.54 Å². The van der Waals surface area contributed by atoms with Crippen LogP contribution in [0.3, 0.4) is 0 Å². The van der Waals surface area contributed by atoms with Gasteiger partial charge in [0.2, 0.25) is 5.91 Å². The molecule has 0 aromatic heterocycles. The Labute approximate surface area is 121 Å². The Morgan fingerprint density at radius 1 is 1.30 bits per heavy atom. The molecule has 20 heavy (non-hydrogen) atoms. The second kappa shape index (κ2) is 10.6. The number of aliphatic hydroxyl groups excluding tert-OH is 1. The van der Waals surface area contributed by atoms with Crippen LogP contribution in [-0.4, -0.2) is 61.3 Å². The fourth-order valence-electron chi connectivity index (χ4n) is 1.95. The molecule has 1 amide bonds. The van der Waals surface area contributed by atoms with Crippen molar-refractivity contribution in [1.29, 1.82) is 0 Å². The summed E-state index contributed by atoms with van der Waals surface area (Å²) in [7, 11) is 1.32. The SMILES string of the molecule is CCCN(CCO)CC(=O)NC(C(=O)OC)C(C)CC. The quantitative estimate of drug-likeness (QED) is 0.569. The predicted octanol–water partition coefficient (Wildman–Crippen LogP) is 0.395. The molecule has 0 radical (unpaired) electrons. The zero-order valence-electron chi connectivity index (χ0n) is 13.0. The Balaban J connectivity index is 4.54. The molecule has 0 spiro atoms. The van der Waals surface area contributed by atoms with E-state index in [0.29, 0.717) is 6.54 Å². The molecule has 0 bridgehead atoms. The van der Waals surface area contributed by atoms with Gasteiger partial charge >= 0.3 is 5.97 Å². The lowest BCUT2D eigenvalue weighted by Crippen LogP contribution is -2.49. The van der Waals surface area contributed by atoms with Crippen LogP contribution in [0.2, 0.25) is 0 Å². The summed E-state index contributed by atoms with van der Waals surface area (Å²) >= 11 is 0. The molecule has 0 aromatic carbocycles. The van der Waals surface area contributed by atoms with Crippen molar-refractivity contribution in [2.75, 3.05) is 33.4 Å². The molecule has 0 aliphatic rings. The fraction of sp³-hybridized carbons (Fsp3) is 0.857. The number of carbonyl (C=O) groups is 2. The van der Waals surface area contributed by atoms with E-state index in [1.165, 1.54) is 7.11 Å².